The maximum absolute atomic E-state index is 13.1. The molecule has 0 amide bonds. The molecule has 1 aromatic carbocycles. The summed E-state index contributed by atoms with van der Waals surface area (Å²) in [4.78, 5) is 0. The fourth-order valence-corrected chi connectivity index (χ4v) is 2.91. The third kappa shape index (κ3) is 3.19. The molecule has 5 heteroatoms. The van der Waals surface area contributed by atoms with E-state index in [0.717, 1.165) is 21.4 Å². The summed E-state index contributed by atoms with van der Waals surface area (Å²) in [5.74, 6) is -0.269. The number of halogens is 2. The molecule has 21 heavy (non-hydrogen) atoms. The molecule has 0 aliphatic carbocycles. The molecule has 3 nitrogen and oxygen atoms in total. The molecule has 114 valence electrons. The van der Waals surface area contributed by atoms with Crippen molar-refractivity contribution < 1.29 is 9.50 Å². The first-order valence-corrected chi connectivity index (χ1v) is 7.65. The molecule has 1 atom stereocenters. The van der Waals surface area contributed by atoms with Crippen LogP contribution in [0.3, 0.4) is 0 Å². The van der Waals surface area contributed by atoms with E-state index >= 15 is 0 Å². The molecule has 0 saturated carbocycles. The highest BCUT2D eigenvalue weighted by Crippen LogP contribution is 2.31. The molecule has 2 aromatic rings. The Morgan fingerprint density at radius 3 is 2.38 bits per heavy atom. The van der Waals surface area contributed by atoms with Crippen LogP contribution in [0.1, 0.15) is 30.8 Å². The van der Waals surface area contributed by atoms with Crippen molar-refractivity contribution in [2.24, 2.45) is 7.05 Å². The minimum Gasteiger partial charge on any atom is -0.392 e. The van der Waals surface area contributed by atoms with Crippen LogP contribution in [-0.2, 0) is 18.9 Å². The lowest BCUT2D eigenvalue weighted by Gasteiger charge is -2.31. The average molecular weight is 355 g/mol. The zero-order valence-corrected chi connectivity index (χ0v) is 14.3. The Morgan fingerprint density at radius 1 is 1.33 bits per heavy atom. The molecule has 1 N–H and O–H groups in total. The topological polar surface area (TPSA) is 38.0 Å². The third-order valence-corrected chi connectivity index (χ3v) is 5.10. The van der Waals surface area contributed by atoms with Crippen LogP contribution in [0.2, 0.25) is 0 Å². The second-order valence-corrected chi connectivity index (χ2v) is 6.71. The van der Waals surface area contributed by atoms with Crippen molar-refractivity contribution in [1.82, 2.24) is 9.78 Å². The Kier molecular flexibility index (Phi) is 4.54. The van der Waals surface area contributed by atoms with Crippen LogP contribution in [0.5, 0.6) is 0 Å². The van der Waals surface area contributed by atoms with E-state index in [1.165, 1.54) is 12.1 Å². The fourth-order valence-electron chi connectivity index (χ4n) is 2.41. The molecule has 1 aromatic heterocycles. The van der Waals surface area contributed by atoms with Crippen molar-refractivity contribution in [2.75, 3.05) is 0 Å². The lowest BCUT2D eigenvalue weighted by molar-refractivity contribution is 0.0979. The molecule has 0 fully saturated rings. The number of aliphatic hydroxyl groups is 1. The standard InChI is InChI=1S/C16H20BrFN2O/c1-10-15(17)13(20(4)19-10)9-14(21)16(2,3)11-5-7-12(18)8-6-11/h5-8,14,21H,9H2,1-4H3. The van der Waals surface area contributed by atoms with E-state index < -0.39 is 11.5 Å². The van der Waals surface area contributed by atoms with Crippen LogP contribution in [0, 0.1) is 12.7 Å². The van der Waals surface area contributed by atoms with E-state index in [4.69, 9.17) is 0 Å². The predicted octanol–water partition coefficient (Wildman–Crippen LogP) is 3.51. The van der Waals surface area contributed by atoms with E-state index in [1.54, 1.807) is 16.8 Å². The number of aromatic nitrogens is 2. The van der Waals surface area contributed by atoms with Gasteiger partial charge in [0.05, 0.1) is 22.0 Å². The maximum atomic E-state index is 13.1. The highest BCUT2D eigenvalue weighted by Gasteiger charge is 2.31. The normalized spacial score (nSPS) is 13.5. The smallest absolute Gasteiger partial charge is 0.123 e. The molecule has 0 radical (unpaired) electrons. The predicted molar refractivity (Wildman–Crippen MR) is 84.8 cm³/mol. The zero-order valence-electron chi connectivity index (χ0n) is 12.7. The summed E-state index contributed by atoms with van der Waals surface area (Å²) in [6.45, 7) is 5.84. The number of hydrogen-bond acceptors (Lipinski definition) is 2. The Balaban J connectivity index is 2.26. The van der Waals surface area contributed by atoms with Gasteiger partial charge >= 0.3 is 0 Å². The highest BCUT2D eigenvalue weighted by atomic mass is 79.9. The number of aliphatic hydroxyl groups excluding tert-OH is 1. The Bertz CT molecular complexity index is 634. The fraction of sp³-hybridized carbons (Fsp3) is 0.438. The second kappa shape index (κ2) is 5.89. The van der Waals surface area contributed by atoms with Crippen molar-refractivity contribution in [3.63, 3.8) is 0 Å². The van der Waals surface area contributed by atoms with Crippen LogP contribution >= 0.6 is 15.9 Å². The average Bonchev–Trinajstić information content (AvgIpc) is 2.65. The van der Waals surface area contributed by atoms with Gasteiger partial charge in [-0.25, -0.2) is 4.39 Å². The quantitative estimate of drug-likeness (QED) is 0.912. The van der Waals surface area contributed by atoms with E-state index in [1.807, 2.05) is 27.8 Å². The van der Waals surface area contributed by atoms with Crippen LogP contribution in [-0.4, -0.2) is 21.0 Å². The van der Waals surface area contributed by atoms with E-state index in [0.29, 0.717) is 6.42 Å². The van der Waals surface area contributed by atoms with Crippen LogP contribution < -0.4 is 0 Å². The first-order valence-electron chi connectivity index (χ1n) is 6.85. The van der Waals surface area contributed by atoms with Crippen LogP contribution in [0.25, 0.3) is 0 Å². The van der Waals surface area contributed by atoms with Crippen LogP contribution in [0.4, 0.5) is 4.39 Å². The largest absolute Gasteiger partial charge is 0.392 e. The van der Waals surface area contributed by atoms with Gasteiger partial charge in [-0.3, -0.25) is 4.68 Å². The summed E-state index contributed by atoms with van der Waals surface area (Å²) in [5.41, 5.74) is 2.28. The van der Waals surface area contributed by atoms with Gasteiger partial charge in [0.2, 0.25) is 0 Å². The van der Waals surface area contributed by atoms with E-state index in [2.05, 4.69) is 21.0 Å². The first kappa shape index (κ1) is 16.2. The molecule has 2 rings (SSSR count). The molecule has 0 aliphatic heterocycles. The van der Waals surface area contributed by atoms with Gasteiger partial charge in [0.25, 0.3) is 0 Å². The molecule has 1 heterocycles. The maximum Gasteiger partial charge on any atom is 0.123 e. The monoisotopic (exact) mass is 354 g/mol. The number of benzene rings is 1. The lowest BCUT2D eigenvalue weighted by Crippen LogP contribution is -2.36. The molecule has 1 unspecified atom stereocenters. The SMILES string of the molecule is Cc1nn(C)c(CC(O)C(C)(C)c2ccc(F)cc2)c1Br. The van der Waals surface area contributed by atoms with Gasteiger partial charge < -0.3 is 5.11 Å². The molecule has 0 bridgehead atoms. The number of hydrogen-bond donors (Lipinski definition) is 1. The molecular formula is C16H20BrFN2O. The van der Waals surface area contributed by atoms with Crippen molar-refractivity contribution in [1.29, 1.82) is 0 Å². The number of aryl methyl sites for hydroxylation is 2. The van der Waals surface area contributed by atoms with Gasteiger partial charge in [-0.1, -0.05) is 26.0 Å². The molecule has 0 spiro atoms. The van der Waals surface area contributed by atoms with Gasteiger partial charge in [-0.15, -0.1) is 0 Å². The van der Waals surface area contributed by atoms with E-state index in [9.17, 15) is 9.50 Å². The summed E-state index contributed by atoms with van der Waals surface area (Å²) in [7, 11) is 1.87. The van der Waals surface area contributed by atoms with E-state index in [-0.39, 0.29) is 5.82 Å². The van der Waals surface area contributed by atoms with Crippen molar-refractivity contribution in [3.8, 4) is 0 Å². The first-order chi connectivity index (χ1) is 9.73. The molecular weight excluding hydrogens is 335 g/mol. The number of rotatable bonds is 4. The van der Waals surface area contributed by atoms with Gasteiger partial charge in [0.1, 0.15) is 5.82 Å². The second-order valence-electron chi connectivity index (χ2n) is 5.92. The summed E-state index contributed by atoms with van der Waals surface area (Å²) in [6, 6.07) is 6.30. The number of nitrogens with zero attached hydrogens (tertiary/aromatic N) is 2. The highest BCUT2D eigenvalue weighted by molar-refractivity contribution is 9.10. The van der Waals surface area contributed by atoms with Crippen molar-refractivity contribution in [3.05, 3.63) is 51.5 Å². The zero-order chi connectivity index (χ0) is 15.8. The summed E-state index contributed by atoms with van der Waals surface area (Å²) < 4.78 is 15.8. The Morgan fingerprint density at radius 2 is 1.90 bits per heavy atom. The summed E-state index contributed by atoms with van der Waals surface area (Å²) in [6.07, 6.45) is -0.128. The minimum absolute atomic E-state index is 0.269. The summed E-state index contributed by atoms with van der Waals surface area (Å²) >= 11 is 3.52. The van der Waals surface area contributed by atoms with Gasteiger partial charge in [0.15, 0.2) is 0 Å². The van der Waals surface area contributed by atoms with Crippen LogP contribution in [0.15, 0.2) is 28.7 Å². The van der Waals surface area contributed by atoms with Gasteiger partial charge in [-0.05, 0) is 40.5 Å². The van der Waals surface area contributed by atoms with Crippen molar-refractivity contribution in [2.45, 2.75) is 38.7 Å². The Hall–Kier alpha value is -1.20. The minimum atomic E-state index is -0.603. The van der Waals surface area contributed by atoms with Gasteiger partial charge in [-0.2, -0.15) is 5.10 Å². The molecule has 0 aliphatic rings. The summed E-state index contributed by atoms with van der Waals surface area (Å²) in [5, 5.41) is 15.0. The third-order valence-electron chi connectivity index (χ3n) is 4.07. The Labute approximate surface area is 132 Å². The molecule has 0 saturated heterocycles. The lowest BCUT2D eigenvalue weighted by atomic mass is 9.77. The van der Waals surface area contributed by atoms with Gasteiger partial charge in [0, 0.05) is 18.9 Å². The van der Waals surface area contributed by atoms with Crippen molar-refractivity contribution >= 4 is 15.9 Å².